The second-order valence-corrected chi connectivity index (χ2v) is 4.45. The van der Waals surface area contributed by atoms with Gasteiger partial charge in [-0.3, -0.25) is 9.69 Å². The minimum atomic E-state index is -0.354. The van der Waals surface area contributed by atoms with Crippen molar-refractivity contribution < 1.29 is 4.79 Å². The van der Waals surface area contributed by atoms with Crippen LogP contribution < -0.4 is 11.1 Å². The minimum absolute atomic E-state index is 0.0309. The first kappa shape index (κ1) is 13.4. The number of hydrogen-bond donors (Lipinski definition) is 2. The average molecular weight is 228 g/mol. The van der Waals surface area contributed by atoms with Gasteiger partial charge in [-0.1, -0.05) is 6.92 Å². The van der Waals surface area contributed by atoms with Gasteiger partial charge >= 0.3 is 0 Å². The number of carbonyl (C=O) groups is 1. The van der Waals surface area contributed by atoms with Crippen LogP contribution >= 0.6 is 0 Å². The first-order chi connectivity index (χ1) is 7.63. The Kier molecular flexibility index (Phi) is 5.73. The Morgan fingerprint density at radius 3 is 2.56 bits per heavy atom. The van der Waals surface area contributed by atoms with Crippen LogP contribution in [-0.2, 0) is 4.79 Å². The predicted octanol–water partition coefficient (Wildman–Crippen LogP) is -0.913. The fourth-order valence-corrected chi connectivity index (χ4v) is 1.73. The number of nitrogens with two attached hydrogens (primary N) is 1. The standard InChI is InChI=1S/C11H24N4O/c1-3-10(12)11(16)13-4-5-15-8-6-14(2)7-9-15/h10H,3-9,12H2,1-2H3,(H,13,16)/t10-/m0/s1. The van der Waals surface area contributed by atoms with E-state index in [1.54, 1.807) is 0 Å². The SMILES string of the molecule is CC[C@H](N)C(=O)NCCN1CCN(C)CC1. The van der Waals surface area contributed by atoms with E-state index in [9.17, 15) is 4.79 Å². The monoisotopic (exact) mass is 228 g/mol. The molecule has 1 heterocycles. The summed E-state index contributed by atoms with van der Waals surface area (Å²) < 4.78 is 0. The smallest absolute Gasteiger partial charge is 0.236 e. The van der Waals surface area contributed by atoms with Crippen molar-refractivity contribution in [3.63, 3.8) is 0 Å². The Morgan fingerprint density at radius 2 is 2.00 bits per heavy atom. The molecule has 1 atom stereocenters. The molecule has 94 valence electrons. The summed E-state index contributed by atoms with van der Waals surface area (Å²) in [6.07, 6.45) is 0.695. The van der Waals surface area contributed by atoms with Gasteiger partial charge in [-0.15, -0.1) is 0 Å². The number of carbonyl (C=O) groups excluding carboxylic acids is 1. The molecule has 0 aliphatic carbocycles. The zero-order chi connectivity index (χ0) is 12.0. The molecule has 3 N–H and O–H groups in total. The number of hydrogen-bond acceptors (Lipinski definition) is 4. The number of nitrogens with zero attached hydrogens (tertiary/aromatic N) is 2. The lowest BCUT2D eigenvalue weighted by Gasteiger charge is -2.32. The lowest BCUT2D eigenvalue weighted by atomic mass is 10.2. The van der Waals surface area contributed by atoms with Crippen molar-refractivity contribution in [3.8, 4) is 0 Å². The third-order valence-electron chi connectivity index (χ3n) is 3.10. The third-order valence-corrected chi connectivity index (χ3v) is 3.10. The van der Waals surface area contributed by atoms with Crippen LogP contribution in [0.4, 0.5) is 0 Å². The van der Waals surface area contributed by atoms with Crippen molar-refractivity contribution in [1.29, 1.82) is 0 Å². The van der Waals surface area contributed by atoms with E-state index in [2.05, 4.69) is 22.2 Å². The van der Waals surface area contributed by atoms with E-state index in [0.717, 1.165) is 32.7 Å². The third kappa shape index (κ3) is 4.47. The predicted molar refractivity (Wildman–Crippen MR) is 65.2 cm³/mol. The lowest BCUT2D eigenvalue weighted by molar-refractivity contribution is -0.122. The van der Waals surface area contributed by atoms with Crippen LogP contribution in [0.1, 0.15) is 13.3 Å². The molecule has 1 amide bonds. The summed E-state index contributed by atoms with van der Waals surface area (Å²) >= 11 is 0. The zero-order valence-corrected chi connectivity index (χ0v) is 10.4. The van der Waals surface area contributed by atoms with Crippen molar-refractivity contribution in [2.45, 2.75) is 19.4 Å². The van der Waals surface area contributed by atoms with Gasteiger partial charge in [0, 0.05) is 39.3 Å². The highest BCUT2D eigenvalue weighted by Gasteiger charge is 2.14. The van der Waals surface area contributed by atoms with E-state index in [1.165, 1.54) is 0 Å². The molecule has 0 aromatic heterocycles. The first-order valence-electron chi connectivity index (χ1n) is 6.07. The van der Waals surface area contributed by atoms with Crippen molar-refractivity contribution in [2.75, 3.05) is 46.3 Å². The average Bonchev–Trinajstić information content (AvgIpc) is 2.30. The Hall–Kier alpha value is -0.650. The van der Waals surface area contributed by atoms with Crippen LogP contribution in [0.25, 0.3) is 0 Å². The molecule has 1 aliphatic rings. The van der Waals surface area contributed by atoms with Gasteiger partial charge in [0.1, 0.15) is 0 Å². The molecular weight excluding hydrogens is 204 g/mol. The molecule has 1 saturated heterocycles. The maximum absolute atomic E-state index is 11.4. The van der Waals surface area contributed by atoms with Gasteiger partial charge in [-0.2, -0.15) is 0 Å². The summed E-state index contributed by atoms with van der Waals surface area (Å²) in [7, 11) is 2.14. The Bertz CT molecular complexity index is 214. The van der Waals surface area contributed by atoms with E-state index < -0.39 is 0 Å². The molecule has 5 heteroatoms. The Balaban J connectivity index is 2.09. The molecule has 0 unspecified atom stereocenters. The number of nitrogens with one attached hydrogen (secondary N) is 1. The van der Waals surface area contributed by atoms with Crippen LogP contribution in [0.3, 0.4) is 0 Å². The van der Waals surface area contributed by atoms with Gasteiger partial charge in [0.25, 0.3) is 0 Å². The summed E-state index contributed by atoms with van der Waals surface area (Å²) in [5.74, 6) is -0.0309. The van der Waals surface area contributed by atoms with E-state index >= 15 is 0 Å². The molecule has 0 spiro atoms. The summed E-state index contributed by atoms with van der Waals surface area (Å²) in [5.41, 5.74) is 5.62. The van der Waals surface area contributed by atoms with Crippen molar-refractivity contribution in [3.05, 3.63) is 0 Å². The second kappa shape index (κ2) is 6.83. The molecular formula is C11H24N4O. The van der Waals surface area contributed by atoms with Gasteiger partial charge in [0.15, 0.2) is 0 Å². The van der Waals surface area contributed by atoms with Crippen LogP contribution in [0, 0.1) is 0 Å². The van der Waals surface area contributed by atoms with E-state index in [1.807, 2.05) is 6.92 Å². The summed E-state index contributed by atoms with van der Waals surface area (Å²) in [4.78, 5) is 16.1. The van der Waals surface area contributed by atoms with E-state index in [-0.39, 0.29) is 11.9 Å². The molecule has 0 saturated carbocycles. The van der Waals surface area contributed by atoms with E-state index in [0.29, 0.717) is 13.0 Å². The molecule has 5 nitrogen and oxygen atoms in total. The molecule has 1 aliphatic heterocycles. The molecule has 0 bridgehead atoms. The number of rotatable bonds is 5. The lowest BCUT2D eigenvalue weighted by Crippen LogP contribution is -2.48. The zero-order valence-electron chi connectivity index (χ0n) is 10.4. The fraction of sp³-hybridized carbons (Fsp3) is 0.909. The largest absolute Gasteiger partial charge is 0.353 e. The molecule has 1 rings (SSSR count). The summed E-state index contributed by atoms with van der Waals surface area (Å²) in [6.45, 7) is 7.96. The van der Waals surface area contributed by atoms with Gasteiger partial charge < -0.3 is 16.0 Å². The first-order valence-corrected chi connectivity index (χ1v) is 6.07. The quantitative estimate of drug-likeness (QED) is 0.639. The second-order valence-electron chi connectivity index (χ2n) is 4.45. The van der Waals surface area contributed by atoms with Crippen molar-refractivity contribution >= 4 is 5.91 Å². The van der Waals surface area contributed by atoms with Crippen LogP contribution in [0.2, 0.25) is 0 Å². The summed E-state index contributed by atoms with van der Waals surface area (Å²) in [6, 6.07) is -0.354. The maximum atomic E-state index is 11.4. The van der Waals surface area contributed by atoms with Crippen LogP contribution in [-0.4, -0.2) is 68.1 Å². The normalized spacial score (nSPS) is 20.7. The Morgan fingerprint density at radius 1 is 1.38 bits per heavy atom. The maximum Gasteiger partial charge on any atom is 0.236 e. The molecule has 0 radical (unpaired) electrons. The van der Waals surface area contributed by atoms with Gasteiger partial charge in [0.2, 0.25) is 5.91 Å². The molecule has 0 aromatic rings. The highest BCUT2D eigenvalue weighted by Crippen LogP contribution is 1.97. The van der Waals surface area contributed by atoms with Crippen molar-refractivity contribution in [1.82, 2.24) is 15.1 Å². The molecule has 1 fully saturated rings. The van der Waals surface area contributed by atoms with Gasteiger partial charge in [0.05, 0.1) is 6.04 Å². The van der Waals surface area contributed by atoms with Gasteiger partial charge in [-0.25, -0.2) is 0 Å². The van der Waals surface area contributed by atoms with E-state index in [4.69, 9.17) is 5.73 Å². The Labute approximate surface area is 98.0 Å². The highest BCUT2D eigenvalue weighted by molar-refractivity contribution is 5.81. The van der Waals surface area contributed by atoms with Gasteiger partial charge in [-0.05, 0) is 13.5 Å². The number of amides is 1. The van der Waals surface area contributed by atoms with Crippen LogP contribution in [0.15, 0.2) is 0 Å². The summed E-state index contributed by atoms with van der Waals surface area (Å²) in [5, 5.41) is 2.87. The van der Waals surface area contributed by atoms with Crippen molar-refractivity contribution in [2.24, 2.45) is 5.73 Å². The highest BCUT2D eigenvalue weighted by atomic mass is 16.2. The number of piperazine rings is 1. The molecule has 16 heavy (non-hydrogen) atoms. The van der Waals surface area contributed by atoms with Crippen LogP contribution in [0.5, 0.6) is 0 Å². The topological polar surface area (TPSA) is 61.6 Å². The fourth-order valence-electron chi connectivity index (χ4n) is 1.73. The number of likely N-dealkylation sites (N-methyl/N-ethyl adjacent to an activating group) is 1. The molecule has 0 aromatic carbocycles. The minimum Gasteiger partial charge on any atom is -0.353 e.